The van der Waals surface area contributed by atoms with Crippen LogP contribution >= 0.6 is 7.82 Å². The van der Waals surface area contributed by atoms with Crippen LogP contribution in [0.15, 0.2) is 85.1 Å². The first-order chi connectivity index (χ1) is 27.5. The van der Waals surface area contributed by atoms with Crippen LogP contribution in [0.5, 0.6) is 0 Å². The molecule has 0 aliphatic heterocycles. The number of carbonyl (C=O) groups is 3. The van der Waals surface area contributed by atoms with Crippen molar-refractivity contribution in [1.82, 2.24) is 0 Å². The Morgan fingerprint density at radius 3 is 1.91 bits per heavy atom. The van der Waals surface area contributed by atoms with E-state index in [4.69, 9.17) is 19.3 Å². The van der Waals surface area contributed by atoms with Gasteiger partial charge in [0.25, 0.3) is 0 Å². The average molecular weight is 819 g/mol. The number of esters is 2. The van der Waals surface area contributed by atoms with Crippen molar-refractivity contribution in [1.29, 1.82) is 0 Å². The highest BCUT2D eigenvalue weighted by Crippen LogP contribution is 2.36. The minimum absolute atomic E-state index is 0.0270. The van der Waals surface area contributed by atoms with E-state index in [1.54, 1.807) is 12.2 Å². The summed E-state index contributed by atoms with van der Waals surface area (Å²) in [7, 11) is -4.84. The molecule has 0 spiro atoms. The summed E-state index contributed by atoms with van der Waals surface area (Å²) in [6.07, 6.45) is 39.3. The van der Waals surface area contributed by atoms with Gasteiger partial charge in [-0.15, -0.1) is 0 Å². The van der Waals surface area contributed by atoms with Gasteiger partial charge in [-0.2, -0.15) is 0 Å². The number of hydrogen-bond donors (Lipinski definition) is 4. The molecule has 0 aromatic rings. The molecule has 1 saturated carbocycles. The fraction of sp³-hybridized carbons (Fsp3) is 0.622. The second kappa shape index (κ2) is 33.8. The summed E-state index contributed by atoms with van der Waals surface area (Å²) in [5, 5.41) is 20.6. The molecule has 0 heterocycles. The lowest BCUT2D eigenvalue weighted by molar-refractivity contribution is -0.161. The number of aliphatic hydroxyl groups excluding tert-OH is 2. The monoisotopic (exact) mass is 818 g/mol. The van der Waals surface area contributed by atoms with E-state index >= 15 is 0 Å². The molecule has 0 radical (unpaired) electrons. The Hall–Kier alpha value is -3.18. The standard InChI is InChI=1S/C45H71O11P/c1-3-5-7-8-9-10-11-12-13-14-15-16-17-18-19-20-21-22-27-31-44(49)54-36-39(37-55-57(51,52)53)56-45(50)32-28-24-23-26-30-40-41(43(48)35-42(40)47)34-33-38(46)29-25-6-4-2/h5,7,9-10,12-13,15-16,18-19,21-22,33-34,38-41,43,46,48H,3-4,6,8,11,14,17,20,23-32,35-37H2,1-2H3,(H2,51,52,53)/b7-5-,10-9-,13-12-,16-15-,19-18-,22-21-,34-33+/t38-,39+,40+,41+,43+/m0/s1. The zero-order valence-corrected chi connectivity index (χ0v) is 35.3. The molecule has 4 N–H and O–H groups in total. The van der Waals surface area contributed by atoms with Crippen LogP contribution in [0.25, 0.3) is 0 Å². The van der Waals surface area contributed by atoms with Gasteiger partial charge in [-0.05, 0) is 64.2 Å². The molecule has 0 aromatic carbocycles. The Balaban J connectivity index is 2.32. The van der Waals surface area contributed by atoms with Crippen molar-refractivity contribution in [3.05, 3.63) is 85.1 Å². The van der Waals surface area contributed by atoms with Crippen molar-refractivity contribution < 1.29 is 52.9 Å². The molecule has 1 fully saturated rings. The Kier molecular flexibility index (Phi) is 30.7. The summed E-state index contributed by atoms with van der Waals surface area (Å²) >= 11 is 0. The van der Waals surface area contributed by atoms with E-state index in [2.05, 4.69) is 79.1 Å². The summed E-state index contributed by atoms with van der Waals surface area (Å²) < 4.78 is 26.3. The van der Waals surface area contributed by atoms with Gasteiger partial charge in [0.05, 0.1) is 18.8 Å². The molecule has 322 valence electrons. The molecule has 1 rings (SSSR count). The number of unbranched alkanes of at least 4 members (excludes halogenated alkanes) is 5. The molecule has 1 aliphatic rings. The third-order valence-corrected chi connectivity index (χ3v) is 9.79. The maximum absolute atomic E-state index is 12.5. The van der Waals surface area contributed by atoms with Crippen LogP contribution in [0.2, 0.25) is 0 Å². The smallest absolute Gasteiger partial charge is 0.462 e. The van der Waals surface area contributed by atoms with Crippen LogP contribution in [0.4, 0.5) is 0 Å². The molecule has 5 atom stereocenters. The molecule has 0 bridgehead atoms. The minimum Gasteiger partial charge on any atom is -0.462 e. The number of aliphatic hydroxyl groups is 2. The second-order valence-electron chi connectivity index (χ2n) is 14.4. The van der Waals surface area contributed by atoms with Crippen molar-refractivity contribution in [2.24, 2.45) is 11.8 Å². The molecular formula is C45H71O11P. The van der Waals surface area contributed by atoms with Crippen molar-refractivity contribution in [2.75, 3.05) is 13.2 Å². The van der Waals surface area contributed by atoms with Crippen LogP contribution in [0.1, 0.15) is 136 Å². The zero-order chi connectivity index (χ0) is 42.0. The number of ether oxygens (including phenoxy) is 2. The Morgan fingerprint density at radius 1 is 0.754 bits per heavy atom. The third kappa shape index (κ3) is 29.7. The first-order valence-corrected chi connectivity index (χ1v) is 22.5. The van der Waals surface area contributed by atoms with Crippen molar-refractivity contribution in [3.8, 4) is 0 Å². The van der Waals surface area contributed by atoms with E-state index in [0.717, 1.165) is 70.6 Å². The summed E-state index contributed by atoms with van der Waals surface area (Å²) in [6, 6.07) is 0. The van der Waals surface area contributed by atoms with Gasteiger partial charge in [0.1, 0.15) is 12.4 Å². The molecule has 0 unspecified atom stereocenters. The number of Topliss-reactive ketones (excluding diaryl/α,β-unsaturated/α-hetero) is 1. The lowest BCUT2D eigenvalue weighted by Crippen LogP contribution is -2.29. The minimum atomic E-state index is -4.84. The fourth-order valence-corrected chi connectivity index (χ4v) is 6.54. The van der Waals surface area contributed by atoms with Gasteiger partial charge in [0.2, 0.25) is 0 Å². The molecule has 1 aliphatic carbocycles. The van der Waals surface area contributed by atoms with Crippen molar-refractivity contribution in [3.63, 3.8) is 0 Å². The molecule has 11 nitrogen and oxygen atoms in total. The largest absolute Gasteiger partial charge is 0.469 e. The zero-order valence-electron chi connectivity index (χ0n) is 34.4. The van der Waals surface area contributed by atoms with Crippen molar-refractivity contribution >= 4 is 25.5 Å². The van der Waals surface area contributed by atoms with Gasteiger partial charge in [-0.1, -0.05) is 137 Å². The van der Waals surface area contributed by atoms with Gasteiger partial charge >= 0.3 is 19.8 Å². The van der Waals surface area contributed by atoms with E-state index in [1.807, 2.05) is 12.2 Å². The number of carbonyl (C=O) groups excluding carboxylic acids is 3. The second-order valence-corrected chi connectivity index (χ2v) is 15.6. The van der Waals surface area contributed by atoms with Crippen LogP contribution in [-0.4, -0.2) is 69.2 Å². The fourth-order valence-electron chi connectivity index (χ4n) is 6.18. The number of phosphoric ester groups is 1. The Labute approximate surface area is 342 Å². The first-order valence-electron chi connectivity index (χ1n) is 21.0. The summed E-state index contributed by atoms with van der Waals surface area (Å²) in [5.74, 6) is -1.74. The van der Waals surface area contributed by atoms with Gasteiger partial charge in [-0.3, -0.25) is 18.9 Å². The maximum atomic E-state index is 12.5. The van der Waals surface area contributed by atoms with E-state index in [-0.39, 0.29) is 36.9 Å². The highest BCUT2D eigenvalue weighted by Gasteiger charge is 2.39. The molecular weight excluding hydrogens is 747 g/mol. The number of phosphoric acid groups is 1. The topological polar surface area (TPSA) is 177 Å². The van der Waals surface area contributed by atoms with Gasteiger partial charge in [-0.25, -0.2) is 4.57 Å². The summed E-state index contributed by atoms with van der Waals surface area (Å²) in [4.78, 5) is 55.6. The molecule has 0 saturated heterocycles. The third-order valence-electron chi connectivity index (χ3n) is 9.31. The number of allylic oxidation sites excluding steroid dienone is 12. The number of ketones is 1. The molecule has 0 aromatic heterocycles. The lowest BCUT2D eigenvalue weighted by Gasteiger charge is -2.19. The van der Waals surface area contributed by atoms with Crippen LogP contribution in [-0.2, 0) is 32.9 Å². The van der Waals surface area contributed by atoms with E-state index in [9.17, 15) is 29.2 Å². The number of rotatable bonds is 33. The van der Waals surface area contributed by atoms with Gasteiger partial charge in [0, 0.05) is 31.1 Å². The normalized spacial score (nSPS) is 19.2. The van der Waals surface area contributed by atoms with E-state index < -0.39 is 51.3 Å². The summed E-state index contributed by atoms with van der Waals surface area (Å²) in [5.41, 5.74) is 0. The van der Waals surface area contributed by atoms with Gasteiger partial charge < -0.3 is 29.5 Å². The van der Waals surface area contributed by atoms with Crippen LogP contribution < -0.4 is 0 Å². The van der Waals surface area contributed by atoms with E-state index in [1.165, 1.54) is 0 Å². The predicted octanol–water partition coefficient (Wildman–Crippen LogP) is 9.43. The first kappa shape index (κ1) is 51.8. The lowest BCUT2D eigenvalue weighted by atomic mass is 9.88. The van der Waals surface area contributed by atoms with Crippen LogP contribution in [0, 0.1) is 11.8 Å². The number of hydrogen-bond acceptors (Lipinski definition) is 9. The maximum Gasteiger partial charge on any atom is 0.469 e. The van der Waals surface area contributed by atoms with Gasteiger partial charge in [0.15, 0.2) is 6.10 Å². The predicted molar refractivity (Wildman–Crippen MR) is 226 cm³/mol. The SMILES string of the molecule is CC/C=C\C/C=C\C/C=C\C/C=C\C/C=C\C/C=C\CCC(=O)OC[C@H](COP(=O)(O)O)OC(=O)CCCCCC[C@H]1C(=O)C[C@@H](O)[C@@H]1/C=C/[C@@H](O)CCCCC. The van der Waals surface area contributed by atoms with Crippen molar-refractivity contribution in [2.45, 2.75) is 154 Å². The average Bonchev–Trinajstić information content (AvgIpc) is 3.44. The Bertz CT molecular complexity index is 1360. The van der Waals surface area contributed by atoms with E-state index in [0.29, 0.717) is 32.1 Å². The quantitative estimate of drug-likeness (QED) is 0.0215. The molecule has 0 amide bonds. The summed E-state index contributed by atoms with van der Waals surface area (Å²) in [6.45, 7) is 3.19. The van der Waals surface area contributed by atoms with Crippen LogP contribution in [0.3, 0.4) is 0 Å². The highest BCUT2D eigenvalue weighted by molar-refractivity contribution is 7.46. The Morgan fingerprint density at radius 2 is 1.33 bits per heavy atom. The highest BCUT2D eigenvalue weighted by atomic mass is 31.2. The molecule has 12 heteroatoms. The molecule has 57 heavy (non-hydrogen) atoms.